The predicted molar refractivity (Wildman–Crippen MR) is 183 cm³/mol. The van der Waals surface area contributed by atoms with Gasteiger partial charge in [-0.3, -0.25) is 20.0 Å². The van der Waals surface area contributed by atoms with Gasteiger partial charge in [0.1, 0.15) is 5.84 Å². The molecule has 2 unspecified atom stereocenters. The van der Waals surface area contributed by atoms with Gasteiger partial charge in [0.2, 0.25) is 11.8 Å². The van der Waals surface area contributed by atoms with Crippen molar-refractivity contribution in [3.8, 4) is 0 Å². The number of fused-ring (bicyclic) bond motifs is 1. The number of hydrogen-bond donors (Lipinski definition) is 4. The van der Waals surface area contributed by atoms with E-state index in [-0.39, 0.29) is 35.4 Å². The van der Waals surface area contributed by atoms with Gasteiger partial charge >= 0.3 is 0 Å². The van der Waals surface area contributed by atoms with E-state index in [0.717, 1.165) is 70.3 Å². The number of amidine groups is 1. The number of carbonyl (C=O) groups excluding carboxylic acids is 2. The quantitative estimate of drug-likeness (QED) is 0.236. The lowest BCUT2D eigenvalue weighted by molar-refractivity contribution is -0.132. The normalized spacial score (nSPS) is 23.4. The number of piperidine rings is 3. The molecule has 0 bridgehead atoms. The van der Waals surface area contributed by atoms with Crippen LogP contribution in [0.25, 0.3) is 5.57 Å². The number of benzene rings is 1. The lowest BCUT2D eigenvalue weighted by atomic mass is 9.86. The highest BCUT2D eigenvalue weighted by Crippen LogP contribution is 2.38. The third-order valence-electron chi connectivity index (χ3n) is 10.6. The van der Waals surface area contributed by atoms with Crippen LogP contribution in [0.5, 0.6) is 0 Å². The van der Waals surface area contributed by atoms with Crippen molar-refractivity contribution >= 4 is 35.1 Å². The summed E-state index contributed by atoms with van der Waals surface area (Å²) in [5, 5.41) is 16.7. The molecule has 0 saturated carbocycles. The average molecular weight is 655 g/mol. The van der Waals surface area contributed by atoms with Gasteiger partial charge in [0, 0.05) is 100 Å². The van der Waals surface area contributed by atoms with Crippen LogP contribution in [0.4, 0.5) is 14.5 Å². The lowest BCUT2D eigenvalue weighted by Gasteiger charge is -2.45. The van der Waals surface area contributed by atoms with E-state index >= 15 is 0 Å². The third kappa shape index (κ3) is 8.38. The number of nitrogens with two attached hydrogens (primary N) is 1. The standard InChI is InChI=1S/C35H52F2N8O2/c1-23(46)44-17-11-31(42-27-9-15-43(16-10-27)33(47)6-5-24-7-12-41-13-8-24)30(22-44)35(39)45-14-3-4-25-18-28(26(20-38)21-40-2)29(34(36)37)19-32(25)45/h18-21,24,27,30-31,34,39,41-42H,3-17,22,38H2,1-2H3. The fourth-order valence-corrected chi connectivity index (χ4v) is 7.84. The largest absolute Gasteiger partial charge is 0.404 e. The minimum atomic E-state index is -2.73. The summed E-state index contributed by atoms with van der Waals surface area (Å²) in [6.07, 6.45) is 7.81. The maximum Gasteiger partial charge on any atom is 0.264 e. The van der Waals surface area contributed by atoms with Crippen LogP contribution in [0.3, 0.4) is 0 Å². The molecular formula is C35H52F2N8O2. The molecule has 0 aliphatic carbocycles. The molecule has 2 amide bonds. The molecule has 1 aromatic rings. The number of nitrogens with one attached hydrogen (secondary N) is 3. The molecule has 10 nitrogen and oxygen atoms in total. The number of allylic oxidation sites excluding steroid dienone is 1. The Kier molecular flexibility index (Phi) is 12.0. The van der Waals surface area contributed by atoms with Crippen LogP contribution in [-0.4, -0.2) is 98.6 Å². The third-order valence-corrected chi connectivity index (χ3v) is 10.6. The van der Waals surface area contributed by atoms with Gasteiger partial charge in [0.25, 0.3) is 6.43 Å². The minimum Gasteiger partial charge on any atom is -0.404 e. The van der Waals surface area contributed by atoms with Crippen molar-refractivity contribution in [3.63, 3.8) is 0 Å². The number of alkyl halides is 2. The van der Waals surface area contributed by atoms with Gasteiger partial charge in [-0.25, -0.2) is 8.78 Å². The summed E-state index contributed by atoms with van der Waals surface area (Å²) in [5.74, 6) is 0.906. The second kappa shape index (κ2) is 16.1. The first kappa shape index (κ1) is 34.9. The van der Waals surface area contributed by atoms with Crippen molar-refractivity contribution in [1.82, 2.24) is 20.4 Å². The second-order valence-corrected chi connectivity index (χ2v) is 13.5. The highest BCUT2D eigenvalue weighted by molar-refractivity contribution is 6.10. The smallest absolute Gasteiger partial charge is 0.264 e. The molecule has 2 atom stereocenters. The maximum atomic E-state index is 14.4. The summed E-state index contributed by atoms with van der Waals surface area (Å²) >= 11 is 0. The van der Waals surface area contributed by atoms with E-state index < -0.39 is 6.43 Å². The Morgan fingerprint density at radius 1 is 1.11 bits per heavy atom. The van der Waals surface area contributed by atoms with Crippen molar-refractivity contribution in [2.24, 2.45) is 22.6 Å². The number of halogens is 2. The highest BCUT2D eigenvalue weighted by atomic mass is 19.3. The number of anilines is 1. The zero-order valence-electron chi connectivity index (χ0n) is 27.9. The van der Waals surface area contributed by atoms with E-state index in [2.05, 4.69) is 15.6 Å². The fourth-order valence-electron chi connectivity index (χ4n) is 7.84. The molecule has 1 aromatic carbocycles. The summed E-state index contributed by atoms with van der Waals surface area (Å²) in [5.41, 5.74) is 7.97. The molecule has 3 saturated heterocycles. The van der Waals surface area contributed by atoms with Crippen LogP contribution in [0.2, 0.25) is 0 Å². The van der Waals surface area contributed by atoms with Crippen LogP contribution >= 0.6 is 0 Å². The zero-order chi connectivity index (χ0) is 33.5. The number of nitrogens with zero attached hydrogens (tertiary/aromatic N) is 4. The molecule has 4 heterocycles. The number of aliphatic imine (C=N–C) groups is 1. The topological polar surface area (TPSA) is 130 Å². The molecule has 4 aliphatic heterocycles. The van der Waals surface area contributed by atoms with E-state index in [1.807, 2.05) is 9.80 Å². The SMILES string of the molecule is CN=CC(=CN)c1cc2c(cc1C(F)F)N(C(=N)C1CN(C(C)=O)CCC1NC1CCN(C(=O)CCC3CCNCC3)CC1)CCC2. The summed E-state index contributed by atoms with van der Waals surface area (Å²) in [6, 6.07) is 3.45. The Labute approximate surface area is 277 Å². The van der Waals surface area contributed by atoms with Crippen LogP contribution in [0.1, 0.15) is 81.4 Å². The molecule has 4 aliphatic rings. The number of hydrogen-bond acceptors (Lipinski definition) is 7. The maximum absolute atomic E-state index is 14.4. The van der Waals surface area contributed by atoms with Crippen LogP contribution in [0, 0.1) is 17.2 Å². The molecule has 0 aromatic heterocycles. The van der Waals surface area contributed by atoms with Crippen molar-refractivity contribution < 1.29 is 18.4 Å². The predicted octanol–water partition coefficient (Wildman–Crippen LogP) is 3.95. The summed E-state index contributed by atoms with van der Waals surface area (Å²) in [6.45, 7) is 6.64. The number of likely N-dealkylation sites (tertiary alicyclic amines) is 2. The molecular weight excluding hydrogens is 602 g/mol. The number of rotatable bonds is 9. The molecule has 0 spiro atoms. The molecule has 12 heteroatoms. The highest BCUT2D eigenvalue weighted by Gasteiger charge is 2.38. The molecule has 47 heavy (non-hydrogen) atoms. The second-order valence-electron chi connectivity index (χ2n) is 13.5. The monoisotopic (exact) mass is 654 g/mol. The first-order chi connectivity index (χ1) is 22.7. The number of amides is 2. The first-order valence-electron chi connectivity index (χ1n) is 17.4. The molecule has 5 rings (SSSR count). The Hall–Kier alpha value is -3.38. The number of aryl methyl sites for hydroxylation is 1. The Bertz CT molecular complexity index is 1340. The van der Waals surface area contributed by atoms with Crippen molar-refractivity contribution in [2.45, 2.75) is 83.2 Å². The lowest BCUT2D eigenvalue weighted by Crippen LogP contribution is -2.59. The van der Waals surface area contributed by atoms with Gasteiger partial charge in [0.15, 0.2) is 0 Å². The van der Waals surface area contributed by atoms with Crippen molar-refractivity contribution in [3.05, 3.63) is 35.0 Å². The summed E-state index contributed by atoms with van der Waals surface area (Å²) in [4.78, 5) is 35.1. The average Bonchev–Trinajstić information content (AvgIpc) is 3.09. The summed E-state index contributed by atoms with van der Waals surface area (Å²) < 4.78 is 28.8. The Morgan fingerprint density at radius 2 is 1.83 bits per heavy atom. The van der Waals surface area contributed by atoms with E-state index in [0.29, 0.717) is 67.5 Å². The van der Waals surface area contributed by atoms with E-state index in [1.54, 1.807) is 24.9 Å². The van der Waals surface area contributed by atoms with Crippen molar-refractivity contribution in [2.75, 3.05) is 57.8 Å². The van der Waals surface area contributed by atoms with Gasteiger partial charge in [-0.15, -0.1) is 0 Å². The molecule has 0 radical (unpaired) electrons. The Morgan fingerprint density at radius 3 is 2.49 bits per heavy atom. The van der Waals surface area contributed by atoms with Gasteiger partial charge in [-0.2, -0.15) is 0 Å². The van der Waals surface area contributed by atoms with Gasteiger partial charge in [-0.05, 0) is 93.6 Å². The minimum absolute atomic E-state index is 0.0278. The van der Waals surface area contributed by atoms with Crippen LogP contribution in [-0.2, 0) is 16.0 Å². The van der Waals surface area contributed by atoms with Crippen LogP contribution < -0.4 is 21.3 Å². The van der Waals surface area contributed by atoms with E-state index in [9.17, 15) is 23.8 Å². The fraction of sp³-hybridized carbons (Fsp3) is 0.657. The molecule has 258 valence electrons. The van der Waals surface area contributed by atoms with E-state index in [4.69, 9.17) is 5.73 Å². The molecule has 5 N–H and O–H groups in total. The van der Waals surface area contributed by atoms with Gasteiger partial charge in [-0.1, -0.05) is 0 Å². The molecule has 3 fully saturated rings. The summed E-state index contributed by atoms with van der Waals surface area (Å²) in [7, 11) is 1.58. The van der Waals surface area contributed by atoms with Gasteiger partial charge in [0.05, 0.1) is 0 Å². The van der Waals surface area contributed by atoms with Crippen molar-refractivity contribution in [1.29, 1.82) is 5.41 Å². The van der Waals surface area contributed by atoms with Crippen LogP contribution in [0.15, 0.2) is 23.3 Å². The number of carbonyl (C=O) groups is 2. The van der Waals surface area contributed by atoms with E-state index in [1.165, 1.54) is 18.5 Å². The van der Waals surface area contributed by atoms with Gasteiger partial charge < -0.3 is 31.1 Å². The first-order valence-corrected chi connectivity index (χ1v) is 17.4. The Balaban J connectivity index is 1.28. The zero-order valence-corrected chi connectivity index (χ0v) is 27.9.